The summed E-state index contributed by atoms with van der Waals surface area (Å²) in [6.07, 6.45) is 2.19. The molecule has 0 unspecified atom stereocenters. The Labute approximate surface area is 173 Å². The summed E-state index contributed by atoms with van der Waals surface area (Å²) in [6, 6.07) is 13.9. The van der Waals surface area contributed by atoms with E-state index in [-0.39, 0.29) is 6.03 Å². The van der Waals surface area contributed by atoms with Gasteiger partial charge in [0.05, 0.1) is 19.9 Å². The summed E-state index contributed by atoms with van der Waals surface area (Å²) in [5.74, 6) is 1.77. The molecule has 3 rings (SSSR count). The minimum atomic E-state index is -0.212. The Balaban J connectivity index is 1.41. The van der Waals surface area contributed by atoms with Crippen molar-refractivity contribution < 1.29 is 14.3 Å². The van der Waals surface area contributed by atoms with E-state index in [2.05, 4.69) is 46.7 Å². The largest absolute Gasteiger partial charge is 0.497 e. The second kappa shape index (κ2) is 10.2. The van der Waals surface area contributed by atoms with Gasteiger partial charge in [-0.05, 0) is 56.5 Å². The molecular formula is C23H31N3O3. The van der Waals surface area contributed by atoms with E-state index in [4.69, 9.17) is 9.47 Å². The van der Waals surface area contributed by atoms with E-state index in [9.17, 15) is 4.79 Å². The number of hydrogen-bond acceptors (Lipinski definition) is 4. The third-order valence-corrected chi connectivity index (χ3v) is 5.44. The van der Waals surface area contributed by atoms with Crippen LogP contribution < -0.4 is 20.1 Å². The maximum Gasteiger partial charge on any atom is 0.319 e. The Kier molecular flexibility index (Phi) is 7.36. The summed E-state index contributed by atoms with van der Waals surface area (Å²) in [5, 5.41) is 5.85. The van der Waals surface area contributed by atoms with E-state index in [1.165, 1.54) is 11.1 Å². The van der Waals surface area contributed by atoms with Gasteiger partial charge in [0.25, 0.3) is 0 Å². The second-order valence-corrected chi connectivity index (χ2v) is 7.61. The highest BCUT2D eigenvalue weighted by Gasteiger charge is 2.20. The number of likely N-dealkylation sites (tertiary alicyclic amines) is 1. The molecule has 2 aromatic carbocycles. The molecule has 29 heavy (non-hydrogen) atoms. The first kappa shape index (κ1) is 21.0. The first-order valence-electron chi connectivity index (χ1n) is 10.1. The van der Waals surface area contributed by atoms with Crippen molar-refractivity contribution in [2.24, 2.45) is 5.92 Å². The summed E-state index contributed by atoms with van der Waals surface area (Å²) < 4.78 is 10.5. The Morgan fingerprint density at radius 3 is 2.45 bits per heavy atom. The SMILES string of the molecule is COc1ccc(NC(=O)NCC2CCN(Cc3ccc(C)cc3)CC2)c(OC)c1. The number of nitrogens with one attached hydrogen (secondary N) is 2. The van der Waals surface area contributed by atoms with Crippen LogP contribution >= 0.6 is 0 Å². The number of anilines is 1. The third kappa shape index (κ3) is 6.12. The Morgan fingerprint density at radius 2 is 1.79 bits per heavy atom. The highest BCUT2D eigenvalue weighted by Crippen LogP contribution is 2.29. The van der Waals surface area contributed by atoms with E-state index in [0.717, 1.165) is 32.5 Å². The van der Waals surface area contributed by atoms with Crippen LogP contribution in [0, 0.1) is 12.8 Å². The predicted molar refractivity (Wildman–Crippen MR) is 116 cm³/mol. The lowest BCUT2D eigenvalue weighted by atomic mass is 9.96. The van der Waals surface area contributed by atoms with Gasteiger partial charge in [0.15, 0.2) is 0 Å². The van der Waals surface area contributed by atoms with E-state index in [1.807, 2.05) is 0 Å². The molecule has 1 heterocycles. The van der Waals surface area contributed by atoms with Crippen molar-refractivity contribution in [3.05, 3.63) is 53.6 Å². The van der Waals surface area contributed by atoms with Crippen molar-refractivity contribution in [3.8, 4) is 11.5 Å². The zero-order valence-corrected chi connectivity index (χ0v) is 17.5. The fraction of sp³-hybridized carbons (Fsp3) is 0.435. The van der Waals surface area contributed by atoms with Gasteiger partial charge < -0.3 is 20.1 Å². The molecule has 1 aliphatic heterocycles. The lowest BCUT2D eigenvalue weighted by molar-refractivity contribution is 0.175. The van der Waals surface area contributed by atoms with Crippen LogP contribution in [-0.4, -0.2) is 44.8 Å². The van der Waals surface area contributed by atoms with Gasteiger partial charge in [-0.1, -0.05) is 29.8 Å². The fourth-order valence-electron chi connectivity index (χ4n) is 3.61. The molecule has 0 spiro atoms. The van der Waals surface area contributed by atoms with Crippen molar-refractivity contribution in [1.82, 2.24) is 10.2 Å². The van der Waals surface area contributed by atoms with E-state index < -0.39 is 0 Å². The number of nitrogens with zero attached hydrogens (tertiary/aromatic N) is 1. The van der Waals surface area contributed by atoms with Crippen molar-refractivity contribution in [3.63, 3.8) is 0 Å². The number of urea groups is 1. The molecule has 156 valence electrons. The number of aryl methyl sites for hydroxylation is 1. The summed E-state index contributed by atoms with van der Waals surface area (Å²) in [7, 11) is 3.17. The normalized spacial score (nSPS) is 15.0. The van der Waals surface area contributed by atoms with Gasteiger partial charge in [-0.2, -0.15) is 0 Å². The monoisotopic (exact) mass is 397 g/mol. The van der Waals surface area contributed by atoms with E-state index in [0.29, 0.717) is 29.6 Å². The minimum Gasteiger partial charge on any atom is -0.497 e. The number of amides is 2. The quantitative estimate of drug-likeness (QED) is 0.740. The molecule has 0 radical (unpaired) electrons. The minimum absolute atomic E-state index is 0.212. The van der Waals surface area contributed by atoms with Crippen LogP contribution in [0.5, 0.6) is 11.5 Å². The van der Waals surface area contributed by atoms with Crippen LogP contribution in [0.4, 0.5) is 10.5 Å². The van der Waals surface area contributed by atoms with Crippen LogP contribution in [0.1, 0.15) is 24.0 Å². The first-order chi connectivity index (χ1) is 14.1. The average Bonchev–Trinajstić information content (AvgIpc) is 2.75. The highest BCUT2D eigenvalue weighted by molar-refractivity contribution is 5.91. The molecular weight excluding hydrogens is 366 g/mol. The van der Waals surface area contributed by atoms with Gasteiger partial charge in [-0.15, -0.1) is 0 Å². The lowest BCUT2D eigenvalue weighted by Crippen LogP contribution is -2.39. The van der Waals surface area contributed by atoms with Crippen LogP contribution in [0.3, 0.4) is 0 Å². The number of benzene rings is 2. The highest BCUT2D eigenvalue weighted by atomic mass is 16.5. The molecule has 0 bridgehead atoms. The van der Waals surface area contributed by atoms with E-state index in [1.54, 1.807) is 32.4 Å². The fourth-order valence-corrected chi connectivity index (χ4v) is 3.61. The zero-order valence-electron chi connectivity index (χ0n) is 17.5. The molecule has 0 saturated carbocycles. The maximum atomic E-state index is 12.3. The van der Waals surface area contributed by atoms with Crippen molar-refractivity contribution in [2.45, 2.75) is 26.3 Å². The first-order valence-corrected chi connectivity index (χ1v) is 10.1. The Morgan fingerprint density at radius 1 is 1.07 bits per heavy atom. The lowest BCUT2D eigenvalue weighted by Gasteiger charge is -2.32. The van der Waals surface area contributed by atoms with Crippen LogP contribution in [0.15, 0.2) is 42.5 Å². The summed E-state index contributed by atoms with van der Waals surface area (Å²) in [4.78, 5) is 14.8. The molecule has 1 aliphatic rings. The Hall–Kier alpha value is -2.73. The number of piperidine rings is 1. The summed E-state index contributed by atoms with van der Waals surface area (Å²) in [5.41, 5.74) is 3.28. The van der Waals surface area contributed by atoms with Gasteiger partial charge >= 0.3 is 6.03 Å². The molecule has 6 heteroatoms. The number of ether oxygens (including phenoxy) is 2. The van der Waals surface area contributed by atoms with Crippen LogP contribution in [0.2, 0.25) is 0 Å². The average molecular weight is 398 g/mol. The summed E-state index contributed by atoms with van der Waals surface area (Å²) in [6.45, 7) is 5.92. The van der Waals surface area contributed by atoms with Gasteiger partial charge in [-0.25, -0.2) is 4.79 Å². The van der Waals surface area contributed by atoms with Crippen molar-refractivity contribution in [2.75, 3.05) is 39.2 Å². The zero-order chi connectivity index (χ0) is 20.6. The molecule has 2 amide bonds. The predicted octanol–water partition coefficient (Wildman–Crippen LogP) is 4.05. The molecule has 2 N–H and O–H groups in total. The number of carbonyl (C=O) groups excluding carboxylic acids is 1. The Bertz CT molecular complexity index is 800. The molecule has 1 saturated heterocycles. The molecule has 0 aromatic heterocycles. The smallest absolute Gasteiger partial charge is 0.319 e. The molecule has 0 aliphatic carbocycles. The topological polar surface area (TPSA) is 62.8 Å². The number of methoxy groups -OCH3 is 2. The molecule has 6 nitrogen and oxygen atoms in total. The number of rotatable bonds is 7. The number of hydrogen-bond donors (Lipinski definition) is 2. The number of carbonyl (C=O) groups is 1. The van der Waals surface area contributed by atoms with Gasteiger partial charge in [0, 0.05) is 19.2 Å². The van der Waals surface area contributed by atoms with Crippen LogP contribution in [0.25, 0.3) is 0 Å². The van der Waals surface area contributed by atoms with Gasteiger partial charge in [0.2, 0.25) is 0 Å². The van der Waals surface area contributed by atoms with E-state index >= 15 is 0 Å². The van der Waals surface area contributed by atoms with Gasteiger partial charge in [0.1, 0.15) is 11.5 Å². The second-order valence-electron chi connectivity index (χ2n) is 7.61. The maximum absolute atomic E-state index is 12.3. The third-order valence-electron chi connectivity index (χ3n) is 5.44. The van der Waals surface area contributed by atoms with Crippen molar-refractivity contribution >= 4 is 11.7 Å². The van der Waals surface area contributed by atoms with Gasteiger partial charge in [-0.3, -0.25) is 4.90 Å². The molecule has 1 fully saturated rings. The molecule has 2 aromatic rings. The summed E-state index contributed by atoms with van der Waals surface area (Å²) >= 11 is 0. The molecule has 0 atom stereocenters. The van der Waals surface area contributed by atoms with Crippen molar-refractivity contribution in [1.29, 1.82) is 0 Å². The standard InChI is InChI=1S/C23H31N3O3/c1-17-4-6-19(7-5-17)16-26-12-10-18(11-13-26)15-24-23(27)25-21-9-8-20(28-2)14-22(21)29-3/h4-9,14,18H,10-13,15-16H2,1-3H3,(H2,24,25,27). The van der Waals surface area contributed by atoms with Crippen LogP contribution in [-0.2, 0) is 6.54 Å².